The van der Waals surface area contributed by atoms with E-state index in [9.17, 15) is 19.8 Å². The van der Waals surface area contributed by atoms with Gasteiger partial charge in [0.05, 0.1) is 25.4 Å². The number of hydrogen-bond acceptors (Lipinski definition) is 8. The first-order valence-electron chi connectivity index (χ1n) is 13.3. The highest BCUT2D eigenvalue weighted by molar-refractivity contribution is 5.82. The molecule has 0 saturated carbocycles. The summed E-state index contributed by atoms with van der Waals surface area (Å²) in [6.07, 6.45) is 1.08. The van der Waals surface area contributed by atoms with Crippen LogP contribution in [0.4, 0.5) is 0 Å². The zero-order chi connectivity index (χ0) is 27.1. The lowest BCUT2D eigenvalue weighted by Crippen LogP contribution is -2.42. The summed E-state index contributed by atoms with van der Waals surface area (Å²) in [5.74, 6) is -0.855. The van der Waals surface area contributed by atoms with Crippen molar-refractivity contribution in [2.45, 2.75) is 76.9 Å². The minimum atomic E-state index is -0.850. The fourth-order valence-corrected chi connectivity index (χ4v) is 5.06. The lowest BCUT2D eigenvalue weighted by Gasteiger charge is -2.38. The minimum Gasteiger partial charge on any atom is -0.453 e. The molecule has 2 aromatic carbocycles. The Morgan fingerprint density at radius 2 is 1.74 bits per heavy atom. The standard InChI is InChI=1S/C29H38N2O7/c1-19(36-20(2)34)28(35)30-15-21-5-11-24(12-6-21)29-37-26(16-31-13-3-4-25(31)18-33)14-27(38-29)23-9-7-22(17-32)8-10-23/h5-12,19,25-27,29,32-33H,3-4,13-18H2,1-2H3,(H,30,35)/t19-,25-,26-,27+,29+/m0/s1. The largest absolute Gasteiger partial charge is 0.453 e. The van der Waals surface area contributed by atoms with Gasteiger partial charge in [-0.25, -0.2) is 0 Å². The maximum atomic E-state index is 12.1. The SMILES string of the molecule is CC(=O)O[C@@H](C)C(=O)NCc1ccc([C@@H]2O[C@H](CN3CCC[C@H]3CO)C[C@H](c3ccc(CO)cc3)O2)cc1. The summed E-state index contributed by atoms with van der Waals surface area (Å²) in [7, 11) is 0. The van der Waals surface area contributed by atoms with E-state index >= 15 is 0 Å². The predicted molar refractivity (Wildman–Crippen MR) is 140 cm³/mol. The molecule has 0 bridgehead atoms. The molecule has 0 unspecified atom stereocenters. The average Bonchev–Trinajstić information content (AvgIpc) is 3.38. The maximum absolute atomic E-state index is 12.1. The average molecular weight is 527 g/mol. The van der Waals surface area contributed by atoms with Gasteiger partial charge in [0.2, 0.25) is 0 Å². The molecule has 3 N–H and O–H groups in total. The molecule has 206 valence electrons. The fourth-order valence-electron chi connectivity index (χ4n) is 5.06. The zero-order valence-corrected chi connectivity index (χ0v) is 22.0. The normalized spacial score (nSPS) is 24.6. The van der Waals surface area contributed by atoms with E-state index < -0.39 is 18.4 Å². The Labute approximate surface area is 223 Å². The van der Waals surface area contributed by atoms with Gasteiger partial charge in [0.25, 0.3) is 5.91 Å². The molecule has 0 radical (unpaired) electrons. The number of likely N-dealkylation sites (tertiary alicyclic amines) is 1. The molecule has 38 heavy (non-hydrogen) atoms. The van der Waals surface area contributed by atoms with Gasteiger partial charge in [-0.1, -0.05) is 48.5 Å². The Balaban J connectivity index is 1.44. The Morgan fingerprint density at radius 3 is 2.39 bits per heavy atom. The third-order valence-corrected chi connectivity index (χ3v) is 7.19. The molecule has 2 aliphatic heterocycles. The van der Waals surface area contributed by atoms with Crippen molar-refractivity contribution in [3.8, 4) is 0 Å². The van der Waals surface area contributed by atoms with Crippen molar-refractivity contribution in [1.29, 1.82) is 0 Å². The molecule has 2 aliphatic rings. The third kappa shape index (κ3) is 7.39. The van der Waals surface area contributed by atoms with E-state index in [0.29, 0.717) is 13.0 Å². The molecule has 0 aliphatic carbocycles. The van der Waals surface area contributed by atoms with E-state index in [0.717, 1.165) is 48.2 Å². The Kier molecular flexibility index (Phi) is 9.87. The molecule has 2 fully saturated rings. The lowest BCUT2D eigenvalue weighted by molar-refractivity contribution is -0.253. The van der Waals surface area contributed by atoms with E-state index in [2.05, 4.69) is 10.2 Å². The molecule has 0 spiro atoms. The monoisotopic (exact) mass is 526 g/mol. The molecule has 9 nitrogen and oxygen atoms in total. The van der Waals surface area contributed by atoms with Crippen LogP contribution in [-0.4, -0.2) is 64.9 Å². The van der Waals surface area contributed by atoms with Crippen LogP contribution < -0.4 is 5.32 Å². The number of carbonyl (C=O) groups is 2. The number of carbonyl (C=O) groups excluding carboxylic acids is 2. The van der Waals surface area contributed by atoms with Crippen molar-refractivity contribution in [3.63, 3.8) is 0 Å². The van der Waals surface area contributed by atoms with Gasteiger partial charge in [-0.15, -0.1) is 0 Å². The molecule has 4 rings (SSSR count). The van der Waals surface area contributed by atoms with Crippen LogP contribution >= 0.6 is 0 Å². The number of amides is 1. The topological polar surface area (TPSA) is 118 Å². The van der Waals surface area contributed by atoms with E-state index in [1.54, 1.807) is 0 Å². The highest BCUT2D eigenvalue weighted by Crippen LogP contribution is 2.38. The number of hydrogen-bond donors (Lipinski definition) is 3. The van der Waals surface area contributed by atoms with Crippen LogP contribution in [0.3, 0.4) is 0 Å². The molecule has 2 heterocycles. The van der Waals surface area contributed by atoms with Crippen LogP contribution in [0.15, 0.2) is 48.5 Å². The highest BCUT2D eigenvalue weighted by Gasteiger charge is 2.35. The van der Waals surface area contributed by atoms with Crippen molar-refractivity contribution in [3.05, 3.63) is 70.8 Å². The van der Waals surface area contributed by atoms with Gasteiger partial charge in [0.15, 0.2) is 12.4 Å². The second-order valence-electron chi connectivity index (χ2n) is 10.0. The first-order chi connectivity index (χ1) is 18.4. The van der Waals surface area contributed by atoms with Gasteiger partial charge in [-0.2, -0.15) is 0 Å². The summed E-state index contributed by atoms with van der Waals surface area (Å²) in [5.41, 5.74) is 3.64. The van der Waals surface area contributed by atoms with Crippen LogP contribution in [-0.2, 0) is 37.0 Å². The molecule has 9 heteroatoms. The number of nitrogens with zero attached hydrogens (tertiary/aromatic N) is 1. The maximum Gasteiger partial charge on any atom is 0.303 e. The summed E-state index contributed by atoms with van der Waals surface area (Å²) >= 11 is 0. The molecule has 5 atom stereocenters. The van der Waals surface area contributed by atoms with Gasteiger partial charge in [-0.3, -0.25) is 14.5 Å². The number of ether oxygens (including phenoxy) is 3. The quantitative estimate of drug-likeness (QED) is 0.405. The van der Waals surface area contributed by atoms with Crippen LogP contribution in [0.5, 0.6) is 0 Å². The van der Waals surface area contributed by atoms with Crippen molar-refractivity contribution < 1.29 is 34.0 Å². The molecular formula is C29H38N2O7. The van der Waals surface area contributed by atoms with E-state index in [-0.39, 0.29) is 37.4 Å². The number of rotatable bonds is 10. The van der Waals surface area contributed by atoms with E-state index in [1.165, 1.54) is 13.8 Å². The van der Waals surface area contributed by atoms with Gasteiger partial charge in [-0.05, 0) is 43.0 Å². The van der Waals surface area contributed by atoms with Crippen molar-refractivity contribution in [1.82, 2.24) is 10.2 Å². The van der Waals surface area contributed by atoms with Crippen molar-refractivity contribution in [2.24, 2.45) is 0 Å². The van der Waals surface area contributed by atoms with E-state index in [4.69, 9.17) is 14.2 Å². The third-order valence-electron chi connectivity index (χ3n) is 7.19. The van der Waals surface area contributed by atoms with Crippen LogP contribution in [0, 0.1) is 0 Å². The minimum absolute atomic E-state index is 0.00680. The predicted octanol–water partition coefficient (Wildman–Crippen LogP) is 2.75. The Bertz CT molecular complexity index is 1060. The smallest absolute Gasteiger partial charge is 0.303 e. The second kappa shape index (κ2) is 13.3. The summed E-state index contributed by atoms with van der Waals surface area (Å²) in [6, 6.07) is 15.7. The van der Waals surface area contributed by atoms with Crippen LogP contribution in [0.1, 0.15) is 67.8 Å². The molecule has 2 aromatic rings. The van der Waals surface area contributed by atoms with Gasteiger partial charge < -0.3 is 29.7 Å². The lowest BCUT2D eigenvalue weighted by atomic mass is 9.99. The Morgan fingerprint density at radius 1 is 1.05 bits per heavy atom. The number of nitrogens with one attached hydrogen (secondary N) is 1. The molecular weight excluding hydrogens is 488 g/mol. The summed E-state index contributed by atoms with van der Waals surface area (Å²) in [5, 5.41) is 22.0. The Hall–Kier alpha value is -2.82. The van der Waals surface area contributed by atoms with Gasteiger partial charge >= 0.3 is 5.97 Å². The summed E-state index contributed by atoms with van der Waals surface area (Å²) < 4.78 is 17.8. The fraction of sp³-hybridized carbons (Fsp3) is 0.517. The molecule has 0 aromatic heterocycles. The summed E-state index contributed by atoms with van der Waals surface area (Å²) in [4.78, 5) is 25.5. The second-order valence-corrected chi connectivity index (χ2v) is 10.0. The van der Waals surface area contributed by atoms with E-state index in [1.807, 2.05) is 48.5 Å². The van der Waals surface area contributed by atoms with Crippen LogP contribution in [0.2, 0.25) is 0 Å². The van der Waals surface area contributed by atoms with Crippen LogP contribution in [0.25, 0.3) is 0 Å². The number of benzene rings is 2. The molecule has 1 amide bonds. The molecule has 2 saturated heterocycles. The van der Waals surface area contributed by atoms with Crippen molar-refractivity contribution in [2.75, 3.05) is 19.7 Å². The summed E-state index contributed by atoms with van der Waals surface area (Å²) in [6.45, 7) is 4.92. The highest BCUT2D eigenvalue weighted by atomic mass is 16.7. The van der Waals surface area contributed by atoms with Gasteiger partial charge in [0, 0.05) is 38.0 Å². The first kappa shape index (κ1) is 28.2. The van der Waals surface area contributed by atoms with Crippen molar-refractivity contribution >= 4 is 11.9 Å². The zero-order valence-electron chi connectivity index (χ0n) is 22.0. The number of aliphatic hydroxyl groups is 2. The number of aliphatic hydroxyl groups excluding tert-OH is 2. The first-order valence-corrected chi connectivity index (χ1v) is 13.3. The van der Waals surface area contributed by atoms with Gasteiger partial charge in [0.1, 0.15) is 0 Å². The number of esters is 1.